The summed E-state index contributed by atoms with van der Waals surface area (Å²) in [4.78, 5) is 18.7. The molecule has 2 aliphatic heterocycles. The van der Waals surface area contributed by atoms with Crippen molar-refractivity contribution in [2.45, 2.75) is 63.6 Å². The van der Waals surface area contributed by atoms with Crippen LogP contribution < -0.4 is 0 Å². The molecule has 2 heterocycles. The Balaban J connectivity index is 1.63. The Labute approximate surface area is 217 Å². The first-order valence-corrected chi connectivity index (χ1v) is 12.6. The van der Waals surface area contributed by atoms with Gasteiger partial charge in [-0.25, -0.2) is 9.18 Å². The maximum absolute atomic E-state index is 13.9. The van der Waals surface area contributed by atoms with Gasteiger partial charge in [0, 0.05) is 26.2 Å². The first-order valence-electron chi connectivity index (χ1n) is 12.6. The van der Waals surface area contributed by atoms with Crippen LogP contribution in [0.2, 0.25) is 0 Å². The average molecular weight is 546 g/mol. The summed E-state index contributed by atoms with van der Waals surface area (Å²) in [5, 5.41) is 0. The molecule has 2 aromatic carbocycles. The van der Waals surface area contributed by atoms with Crippen LogP contribution in [-0.4, -0.2) is 53.5 Å². The molecule has 2 atom stereocenters. The van der Waals surface area contributed by atoms with Crippen molar-refractivity contribution in [2.75, 3.05) is 26.7 Å². The highest BCUT2D eigenvalue weighted by molar-refractivity contribution is 5.75. The lowest BCUT2D eigenvalue weighted by molar-refractivity contribution is -0.143. The number of hydrogen-bond acceptors (Lipinski definition) is 2. The van der Waals surface area contributed by atoms with Crippen molar-refractivity contribution in [3.05, 3.63) is 70.0 Å². The van der Waals surface area contributed by atoms with Gasteiger partial charge >= 0.3 is 18.4 Å². The molecule has 0 aliphatic carbocycles. The number of hydrogen-bond donors (Lipinski definition) is 0. The topological polar surface area (TPSA) is 26.8 Å². The lowest BCUT2D eigenvalue weighted by Gasteiger charge is -2.39. The number of alkyl halides is 6. The lowest BCUT2D eigenvalue weighted by Crippen LogP contribution is -2.46. The van der Waals surface area contributed by atoms with Crippen molar-refractivity contribution in [3.8, 4) is 0 Å². The molecule has 0 radical (unpaired) electrons. The van der Waals surface area contributed by atoms with E-state index in [2.05, 4.69) is 4.90 Å². The van der Waals surface area contributed by atoms with Crippen molar-refractivity contribution in [1.29, 1.82) is 0 Å². The van der Waals surface area contributed by atoms with Crippen LogP contribution in [0.25, 0.3) is 0 Å². The summed E-state index contributed by atoms with van der Waals surface area (Å²) in [6.45, 7) is 3.42. The van der Waals surface area contributed by atoms with Gasteiger partial charge in [-0.3, -0.25) is 4.90 Å². The Morgan fingerprint density at radius 2 is 1.53 bits per heavy atom. The molecule has 2 fully saturated rings. The highest BCUT2D eigenvalue weighted by Crippen LogP contribution is 2.40. The first-order chi connectivity index (χ1) is 17.8. The number of piperidine rings is 1. The van der Waals surface area contributed by atoms with Crippen molar-refractivity contribution in [2.24, 2.45) is 0 Å². The number of nitrogens with zero attached hydrogens (tertiary/aromatic N) is 3. The van der Waals surface area contributed by atoms with Crippen LogP contribution in [0.4, 0.5) is 35.5 Å². The van der Waals surface area contributed by atoms with E-state index in [9.17, 15) is 35.5 Å². The van der Waals surface area contributed by atoms with E-state index in [1.54, 1.807) is 17.9 Å². The van der Waals surface area contributed by atoms with Crippen LogP contribution in [0.5, 0.6) is 0 Å². The lowest BCUT2D eigenvalue weighted by atomic mass is 9.93. The number of urea groups is 1. The summed E-state index contributed by atoms with van der Waals surface area (Å²) in [5.74, 6) is -0.404. The zero-order chi connectivity index (χ0) is 27.8. The van der Waals surface area contributed by atoms with E-state index in [0.717, 1.165) is 42.8 Å². The Morgan fingerprint density at radius 3 is 2.08 bits per heavy atom. The van der Waals surface area contributed by atoms with Gasteiger partial charge in [0.15, 0.2) is 0 Å². The number of halogens is 7. The fourth-order valence-electron chi connectivity index (χ4n) is 5.64. The summed E-state index contributed by atoms with van der Waals surface area (Å²) in [7, 11) is 1.36. The van der Waals surface area contributed by atoms with E-state index < -0.39 is 47.9 Å². The smallest absolute Gasteiger partial charge is 0.323 e. The van der Waals surface area contributed by atoms with Gasteiger partial charge in [0.1, 0.15) is 5.82 Å². The molecule has 2 aliphatic rings. The molecular weight excluding hydrogens is 515 g/mol. The molecule has 11 heteroatoms. The molecule has 38 heavy (non-hydrogen) atoms. The molecule has 0 spiro atoms. The van der Waals surface area contributed by atoms with E-state index in [1.165, 1.54) is 19.2 Å². The van der Waals surface area contributed by atoms with E-state index in [-0.39, 0.29) is 17.7 Å². The van der Waals surface area contributed by atoms with Crippen LogP contribution >= 0.6 is 0 Å². The fourth-order valence-corrected chi connectivity index (χ4v) is 5.64. The summed E-state index contributed by atoms with van der Waals surface area (Å²) < 4.78 is 93.8. The van der Waals surface area contributed by atoms with Crippen molar-refractivity contribution < 1.29 is 35.5 Å². The second-order valence-electron chi connectivity index (χ2n) is 10.1. The molecule has 0 saturated carbocycles. The molecule has 0 bridgehead atoms. The SMILES string of the molecule is Cc1cc(F)ccc1C1C(N2CCCCC2)CCN1C(=O)N(C)Cc1cc(C(F)(F)F)cc(C(F)(F)F)c1. The summed E-state index contributed by atoms with van der Waals surface area (Å²) in [5.41, 5.74) is -1.67. The minimum absolute atomic E-state index is 0.0257. The monoisotopic (exact) mass is 545 g/mol. The van der Waals surface area contributed by atoms with Crippen molar-refractivity contribution in [3.63, 3.8) is 0 Å². The molecule has 0 aromatic heterocycles. The van der Waals surface area contributed by atoms with Gasteiger partial charge in [0.2, 0.25) is 0 Å². The summed E-state index contributed by atoms with van der Waals surface area (Å²) >= 11 is 0. The largest absolute Gasteiger partial charge is 0.416 e. The molecule has 2 amide bonds. The first kappa shape index (κ1) is 28.2. The summed E-state index contributed by atoms with van der Waals surface area (Å²) in [6, 6.07) is 4.78. The van der Waals surface area contributed by atoms with Gasteiger partial charge in [-0.1, -0.05) is 12.5 Å². The van der Waals surface area contributed by atoms with Gasteiger partial charge < -0.3 is 9.80 Å². The van der Waals surface area contributed by atoms with Crippen LogP contribution in [0.1, 0.15) is 59.5 Å². The Morgan fingerprint density at radius 1 is 0.921 bits per heavy atom. The highest BCUT2D eigenvalue weighted by Gasteiger charge is 2.43. The number of amides is 2. The number of carbonyl (C=O) groups is 1. The molecule has 4 nitrogen and oxygen atoms in total. The number of carbonyl (C=O) groups excluding carboxylic acids is 1. The van der Waals surface area contributed by atoms with Gasteiger partial charge in [0.05, 0.1) is 17.2 Å². The molecule has 0 N–H and O–H groups in total. The summed E-state index contributed by atoms with van der Waals surface area (Å²) in [6.07, 6.45) is -6.12. The quantitative estimate of drug-likeness (QED) is 0.386. The second-order valence-corrected chi connectivity index (χ2v) is 10.1. The van der Waals surface area contributed by atoms with Crippen LogP contribution in [0, 0.1) is 12.7 Å². The van der Waals surface area contributed by atoms with Gasteiger partial charge in [-0.2, -0.15) is 26.3 Å². The van der Waals surface area contributed by atoms with Gasteiger partial charge in [-0.05, 0) is 86.3 Å². The maximum atomic E-state index is 13.9. The number of likely N-dealkylation sites (tertiary alicyclic amines) is 2. The third-order valence-electron chi connectivity index (χ3n) is 7.42. The zero-order valence-electron chi connectivity index (χ0n) is 21.2. The fraction of sp³-hybridized carbons (Fsp3) is 0.519. The molecule has 208 valence electrons. The Kier molecular flexibility index (Phi) is 7.97. The number of aryl methyl sites for hydroxylation is 1. The van der Waals surface area contributed by atoms with Crippen molar-refractivity contribution in [1.82, 2.24) is 14.7 Å². The van der Waals surface area contributed by atoms with Crippen LogP contribution in [-0.2, 0) is 18.9 Å². The molecule has 2 aromatic rings. The Bertz CT molecular complexity index is 1130. The third-order valence-corrected chi connectivity index (χ3v) is 7.42. The second kappa shape index (κ2) is 10.7. The van der Waals surface area contributed by atoms with E-state index in [0.29, 0.717) is 30.7 Å². The molecular formula is C27H30F7N3O. The van der Waals surface area contributed by atoms with E-state index >= 15 is 0 Å². The third kappa shape index (κ3) is 6.08. The normalized spacial score (nSPS) is 21.1. The molecule has 2 saturated heterocycles. The Hall–Kier alpha value is -2.82. The average Bonchev–Trinajstić information content (AvgIpc) is 3.27. The molecule has 4 rings (SSSR count). The van der Waals surface area contributed by atoms with Crippen LogP contribution in [0.3, 0.4) is 0 Å². The predicted octanol–water partition coefficient (Wildman–Crippen LogP) is 7.03. The van der Waals surface area contributed by atoms with Crippen LogP contribution in [0.15, 0.2) is 36.4 Å². The minimum atomic E-state index is -4.97. The van der Waals surface area contributed by atoms with Gasteiger partial charge in [-0.15, -0.1) is 0 Å². The number of benzene rings is 2. The zero-order valence-corrected chi connectivity index (χ0v) is 21.2. The molecule has 2 unspecified atom stereocenters. The number of rotatable bonds is 4. The van der Waals surface area contributed by atoms with Crippen molar-refractivity contribution >= 4 is 6.03 Å². The highest BCUT2D eigenvalue weighted by atomic mass is 19.4. The maximum Gasteiger partial charge on any atom is 0.416 e. The van der Waals surface area contributed by atoms with E-state index in [4.69, 9.17) is 0 Å². The standard InChI is InChI=1S/C27H30F7N3O/c1-17-12-21(28)6-7-22(17)24-23(36-9-4-3-5-10-36)8-11-37(24)25(38)35(2)16-18-13-19(26(29,30)31)15-20(14-18)27(32,33)34/h6-7,12-15,23-24H,3-5,8-11,16H2,1-2H3. The van der Waals surface area contributed by atoms with E-state index in [1.807, 2.05) is 0 Å². The predicted molar refractivity (Wildman–Crippen MR) is 128 cm³/mol. The van der Waals surface area contributed by atoms with Gasteiger partial charge in [0.25, 0.3) is 0 Å². The minimum Gasteiger partial charge on any atom is -0.323 e.